The lowest BCUT2D eigenvalue weighted by atomic mass is 10.0. The highest BCUT2D eigenvalue weighted by Gasteiger charge is 2.21. The van der Waals surface area contributed by atoms with Crippen LogP contribution < -0.4 is 0 Å². The van der Waals surface area contributed by atoms with Gasteiger partial charge in [0.2, 0.25) is 0 Å². The second-order valence-electron chi connectivity index (χ2n) is 6.71. The molecule has 1 aromatic heterocycles. The van der Waals surface area contributed by atoms with Crippen molar-refractivity contribution in [3.8, 4) is 0 Å². The Bertz CT molecular complexity index is 801. The first-order valence-electron chi connectivity index (χ1n) is 8.82. The number of piperidine rings is 1. The average molecular weight is 430 g/mol. The smallest absolute Gasteiger partial charge is 0.0618 e. The quantitative estimate of drug-likeness (QED) is 0.522. The highest BCUT2D eigenvalue weighted by Crippen LogP contribution is 2.30. The molecule has 24 heavy (non-hydrogen) atoms. The highest BCUT2D eigenvalue weighted by atomic mass is 127. The summed E-state index contributed by atoms with van der Waals surface area (Å²) < 4.78 is 3.88. The van der Waals surface area contributed by atoms with Gasteiger partial charge in [-0.1, -0.05) is 42.5 Å². The molecule has 0 N–H and O–H groups in total. The van der Waals surface area contributed by atoms with Crippen LogP contribution in [0.15, 0.2) is 60.8 Å². The number of rotatable bonds is 4. The Morgan fingerprint density at radius 3 is 2.50 bits per heavy atom. The van der Waals surface area contributed by atoms with E-state index >= 15 is 0 Å². The Morgan fingerprint density at radius 2 is 1.71 bits per heavy atom. The number of fused-ring (bicyclic) bond motifs is 1. The summed E-state index contributed by atoms with van der Waals surface area (Å²) in [5, 5.41) is 1.37. The van der Waals surface area contributed by atoms with E-state index in [1.807, 2.05) is 0 Å². The van der Waals surface area contributed by atoms with Gasteiger partial charge in [-0.2, -0.15) is 0 Å². The van der Waals surface area contributed by atoms with E-state index in [1.165, 1.54) is 52.5 Å². The maximum Gasteiger partial charge on any atom is 0.0618 e. The molecule has 1 aliphatic rings. The van der Waals surface area contributed by atoms with Crippen molar-refractivity contribution in [2.75, 3.05) is 19.6 Å². The first kappa shape index (κ1) is 16.2. The van der Waals surface area contributed by atoms with Crippen LogP contribution in [-0.4, -0.2) is 29.1 Å². The third-order valence-corrected chi connectivity index (χ3v) is 6.07. The van der Waals surface area contributed by atoms with E-state index in [2.05, 4.69) is 92.9 Å². The summed E-state index contributed by atoms with van der Waals surface area (Å²) in [4.78, 5) is 2.63. The van der Waals surface area contributed by atoms with Crippen molar-refractivity contribution >= 4 is 33.5 Å². The number of hydrogen-bond donors (Lipinski definition) is 0. The molecule has 2 heterocycles. The van der Waals surface area contributed by atoms with Crippen molar-refractivity contribution in [1.29, 1.82) is 0 Å². The molecule has 3 aromatic rings. The molecule has 0 saturated carbocycles. The van der Waals surface area contributed by atoms with Gasteiger partial charge in [0, 0.05) is 40.8 Å². The fourth-order valence-electron chi connectivity index (χ4n) is 3.83. The van der Waals surface area contributed by atoms with Gasteiger partial charge in [-0.05, 0) is 59.5 Å². The Morgan fingerprint density at radius 1 is 0.917 bits per heavy atom. The molecule has 0 spiro atoms. The van der Waals surface area contributed by atoms with Gasteiger partial charge >= 0.3 is 0 Å². The third-order valence-electron chi connectivity index (χ3n) is 5.20. The normalized spacial score (nSPS) is 16.7. The first-order valence-corrected chi connectivity index (χ1v) is 9.90. The maximum absolute atomic E-state index is 2.63. The van der Waals surface area contributed by atoms with Crippen LogP contribution in [0.2, 0.25) is 0 Å². The van der Waals surface area contributed by atoms with Gasteiger partial charge in [-0.15, -0.1) is 0 Å². The van der Waals surface area contributed by atoms with Crippen LogP contribution in [0.4, 0.5) is 0 Å². The van der Waals surface area contributed by atoms with E-state index in [9.17, 15) is 0 Å². The predicted molar refractivity (Wildman–Crippen MR) is 110 cm³/mol. The first-order chi connectivity index (χ1) is 11.8. The molecule has 0 amide bonds. The summed E-state index contributed by atoms with van der Waals surface area (Å²) in [7, 11) is 0. The number of likely N-dealkylation sites (tertiary alicyclic amines) is 1. The van der Waals surface area contributed by atoms with Gasteiger partial charge in [0.05, 0.1) is 5.52 Å². The second-order valence-corrected chi connectivity index (χ2v) is 7.87. The molecule has 2 aromatic carbocycles. The van der Waals surface area contributed by atoms with E-state index < -0.39 is 0 Å². The van der Waals surface area contributed by atoms with Crippen LogP contribution in [-0.2, 0) is 6.42 Å². The number of halogens is 1. The molecule has 1 saturated heterocycles. The molecule has 0 atom stereocenters. The molecule has 0 radical (unpaired) electrons. The van der Waals surface area contributed by atoms with E-state index in [-0.39, 0.29) is 0 Å². The average Bonchev–Trinajstić information content (AvgIpc) is 3.07. The maximum atomic E-state index is 2.63. The van der Waals surface area contributed by atoms with Crippen LogP contribution >= 0.6 is 22.6 Å². The van der Waals surface area contributed by atoms with Gasteiger partial charge in [0.25, 0.3) is 0 Å². The minimum Gasteiger partial charge on any atom is -0.343 e. The Kier molecular flexibility index (Phi) is 4.90. The zero-order valence-corrected chi connectivity index (χ0v) is 16.0. The van der Waals surface area contributed by atoms with Crippen molar-refractivity contribution in [3.05, 3.63) is 69.9 Å². The van der Waals surface area contributed by atoms with Gasteiger partial charge in [0.15, 0.2) is 0 Å². The third kappa shape index (κ3) is 3.38. The lowest BCUT2D eigenvalue weighted by molar-refractivity contribution is 0.190. The Hall–Kier alpha value is -1.33. The van der Waals surface area contributed by atoms with Crippen LogP contribution in [0.25, 0.3) is 10.9 Å². The molecule has 1 aliphatic heterocycles. The summed E-state index contributed by atoms with van der Waals surface area (Å²) in [5.41, 5.74) is 2.87. The van der Waals surface area contributed by atoms with E-state index in [0.717, 1.165) is 6.42 Å². The second kappa shape index (κ2) is 7.28. The molecular formula is C21H23IN2. The zero-order chi connectivity index (χ0) is 16.4. The van der Waals surface area contributed by atoms with E-state index in [1.54, 1.807) is 0 Å². The minimum absolute atomic E-state index is 0.645. The fraction of sp³-hybridized carbons (Fsp3) is 0.333. The Balaban J connectivity index is 1.39. The standard InChI is InChI=1S/C21H23IN2/c22-20-8-4-7-18-10-16-24(21(18)20)19-11-14-23(15-12-19)13-9-17-5-2-1-3-6-17/h1-8,10,16,19H,9,11-15H2. The zero-order valence-electron chi connectivity index (χ0n) is 13.9. The number of benzene rings is 2. The summed E-state index contributed by atoms with van der Waals surface area (Å²) in [6, 6.07) is 20.4. The van der Waals surface area contributed by atoms with Crippen molar-refractivity contribution in [3.63, 3.8) is 0 Å². The molecule has 2 nitrogen and oxygen atoms in total. The molecule has 4 rings (SSSR count). The molecule has 124 valence electrons. The van der Waals surface area contributed by atoms with Gasteiger partial charge in [0.1, 0.15) is 0 Å². The molecule has 0 bridgehead atoms. The SMILES string of the molecule is Ic1cccc2ccn(C3CCN(CCc4ccccc4)CC3)c12. The van der Waals surface area contributed by atoms with Gasteiger partial charge in [-0.25, -0.2) is 0 Å². The minimum atomic E-state index is 0.645. The topological polar surface area (TPSA) is 8.17 Å². The van der Waals surface area contributed by atoms with Crippen molar-refractivity contribution < 1.29 is 0 Å². The van der Waals surface area contributed by atoms with Crippen LogP contribution in [0.5, 0.6) is 0 Å². The summed E-state index contributed by atoms with van der Waals surface area (Å²) in [6.45, 7) is 3.60. The van der Waals surface area contributed by atoms with Crippen LogP contribution in [0, 0.1) is 3.57 Å². The number of nitrogens with zero attached hydrogens (tertiary/aromatic N) is 2. The van der Waals surface area contributed by atoms with Crippen LogP contribution in [0.3, 0.4) is 0 Å². The Labute approximate surface area is 157 Å². The number of para-hydroxylation sites is 1. The lowest BCUT2D eigenvalue weighted by Crippen LogP contribution is -2.35. The summed E-state index contributed by atoms with van der Waals surface area (Å²) in [5.74, 6) is 0. The fourth-order valence-corrected chi connectivity index (χ4v) is 4.63. The lowest BCUT2D eigenvalue weighted by Gasteiger charge is -2.33. The van der Waals surface area contributed by atoms with Crippen molar-refractivity contribution in [2.45, 2.75) is 25.3 Å². The van der Waals surface area contributed by atoms with Gasteiger partial charge < -0.3 is 9.47 Å². The predicted octanol–water partition coefficient (Wildman–Crippen LogP) is 5.13. The number of hydrogen-bond acceptors (Lipinski definition) is 1. The summed E-state index contributed by atoms with van der Waals surface area (Å²) >= 11 is 2.47. The largest absolute Gasteiger partial charge is 0.343 e. The molecule has 1 fully saturated rings. The van der Waals surface area contributed by atoms with Crippen LogP contribution in [0.1, 0.15) is 24.4 Å². The molecular weight excluding hydrogens is 407 g/mol. The summed E-state index contributed by atoms with van der Waals surface area (Å²) in [6.07, 6.45) is 5.96. The van der Waals surface area contributed by atoms with Crippen molar-refractivity contribution in [2.24, 2.45) is 0 Å². The molecule has 0 aliphatic carbocycles. The monoisotopic (exact) mass is 430 g/mol. The number of aromatic nitrogens is 1. The van der Waals surface area contributed by atoms with E-state index in [0.29, 0.717) is 6.04 Å². The highest BCUT2D eigenvalue weighted by molar-refractivity contribution is 14.1. The van der Waals surface area contributed by atoms with Crippen molar-refractivity contribution in [1.82, 2.24) is 9.47 Å². The molecule has 3 heteroatoms. The van der Waals surface area contributed by atoms with Gasteiger partial charge in [-0.3, -0.25) is 0 Å². The van der Waals surface area contributed by atoms with E-state index in [4.69, 9.17) is 0 Å². The molecule has 0 unspecified atom stereocenters.